The van der Waals surface area contributed by atoms with Crippen LogP contribution in [-0.4, -0.2) is 9.55 Å². The van der Waals surface area contributed by atoms with Gasteiger partial charge in [0.1, 0.15) is 12.1 Å². The molecule has 5 heteroatoms. The summed E-state index contributed by atoms with van der Waals surface area (Å²) in [6.45, 7) is 1.86. The van der Waals surface area contributed by atoms with Crippen molar-refractivity contribution in [3.05, 3.63) is 47.5 Å². The highest BCUT2D eigenvalue weighted by Crippen LogP contribution is 2.18. The lowest BCUT2D eigenvalue weighted by Gasteiger charge is -2.11. The van der Waals surface area contributed by atoms with E-state index in [1.54, 1.807) is 30.7 Å². The Morgan fingerprint density at radius 3 is 2.61 bits per heavy atom. The smallest absolute Gasteiger partial charge is 0.101 e. The van der Waals surface area contributed by atoms with E-state index in [0.717, 1.165) is 11.4 Å². The Hall–Kier alpha value is -2.63. The molecule has 0 amide bonds. The quantitative estimate of drug-likeness (QED) is 0.859. The van der Waals surface area contributed by atoms with Crippen LogP contribution in [0, 0.1) is 22.7 Å². The number of nitrogens with zero attached hydrogens (tertiary/aromatic N) is 4. The van der Waals surface area contributed by atoms with E-state index in [9.17, 15) is 0 Å². The Labute approximate surface area is 105 Å². The van der Waals surface area contributed by atoms with Crippen molar-refractivity contribution in [2.45, 2.75) is 13.0 Å². The van der Waals surface area contributed by atoms with Crippen LogP contribution in [0.2, 0.25) is 0 Å². The van der Waals surface area contributed by atoms with Gasteiger partial charge in [-0.25, -0.2) is 4.98 Å². The van der Waals surface area contributed by atoms with E-state index in [1.165, 1.54) is 0 Å². The van der Waals surface area contributed by atoms with Crippen molar-refractivity contribution in [1.82, 2.24) is 9.55 Å². The van der Waals surface area contributed by atoms with Gasteiger partial charge in [-0.3, -0.25) is 0 Å². The molecule has 0 saturated carbocycles. The first-order valence-corrected chi connectivity index (χ1v) is 5.40. The molecule has 2 aromatic rings. The molecule has 88 valence electrons. The van der Waals surface area contributed by atoms with E-state index in [2.05, 4.69) is 4.98 Å². The molecule has 1 atom stereocenters. The summed E-state index contributed by atoms with van der Waals surface area (Å²) in [6, 6.07) is 8.89. The van der Waals surface area contributed by atoms with Crippen LogP contribution in [0.25, 0.3) is 5.69 Å². The van der Waals surface area contributed by atoms with E-state index in [0.29, 0.717) is 11.1 Å². The van der Waals surface area contributed by atoms with Gasteiger partial charge in [0.2, 0.25) is 0 Å². The maximum absolute atomic E-state index is 9.00. The van der Waals surface area contributed by atoms with Crippen LogP contribution < -0.4 is 5.73 Å². The normalized spacial score (nSPS) is 11.6. The second-order valence-corrected chi connectivity index (χ2v) is 3.93. The van der Waals surface area contributed by atoms with Gasteiger partial charge in [0, 0.05) is 11.7 Å². The number of nitriles is 2. The lowest BCUT2D eigenvalue weighted by Crippen LogP contribution is -2.10. The predicted octanol–water partition coefficient (Wildman–Crippen LogP) is 1.64. The molecule has 0 saturated heterocycles. The molecule has 18 heavy (non-hydrogen) atoms. The molecule has 2 rings (SSSR count). The first-order valence-electron chi connectivity index (χ1n) is 5.40. The van der Waals surface area contributed by atoms with Crippen molar-refractivity contribution < 1.29 is 0 Å². The lowest BCUT2D eigenvalue weighted by atomic mass is 10.1. The number of nitrogens with two attached hydrogens (primary N) is 1. The molecular weight excluding hydrogens is 226 g/mol. The second-order valence-electron chi connectivity index (χ2n) is 3.93. The van der Waals surface area contributed by atoms with Crippen LogP contribution in [0.3, 0.4) is 0 Å². The summed E-state index contributed by atoms with van der Waals surface area (Å²) < 4.78 is 1.81. The van der Waals surface area contributed by atoms with Gasteiger partial charge in [0.25, 0.3) is 0 Å². The number of aromatic nitrogens is 2. The highest BCUT2D eigenvalue weighted by Gasteiger charge is 2.10. The molecule has 2 N–H and O–H groups in total. The summed E-state index contributed by atoms with van der Waals surface area (Å²) in [7, 11) is 0. The molecule has 1 aromatic carbocycles. The molecule has 0 fully saturated rings. The second kappa shape index (κ2) is 4.70. The van der Waals surface area contributed by atoms with E-state index >= 15 is 0 Å². The fourth-order valence-electron chi connectivity index (χ4n) is 1.73. The Morgan fingerprint density at radius 2 is 2.00 bits per heavy atom. The minimum Gasteiger partial charge on any atom is -0.323 e. The van der Waals surface area contributed by atoms with Gasteiger partial charge in [-0.2, -0.15) is 10.5 Å². The topological polar surface area (TPSA) is 91.4 Å². The standard InChI is InChI=1S/C13H11N5/c1-9(16)13-7-17-8-18(13)12-3-2-10(5-14)11(4-12)6-15/h2-4,7-9H,16H2,1H3/t9-/m1/s1. The zero-order valence-corrected chi connectivity index (χ0v) is 9.83. The van der Waals surface area contributed by atoms with Crippen molar-refractivity contribution >= 4 is 0 Å². The van der Waals surface area contributed by atoms with Crippen LogP contribution in [0.1, 0.15) is 29.8 Å². The minimum atomic E-state index is -0.159. The molecule has 0 aliphatic carbocycles. The monoisotopic (exact) mass is 237 g/mol. The van der Waals surface area contributed by atoms with Crippen molar-refractivity contribution in [3.63, 3.8) is 0 Å². The van der Waals surface area contributed by atoms with Crippen molar-refractivity contribution in [1.29, 1.82) is 10.5 Å². The summed E-state index contributed by atoms with van der Waals surface area (Å²) >= 11 is 0. The molecule has 1 heterocycles. The van der Waals surface area contributed by atoms with Crippen molar-refractivity contribution in [2.75, 3.05) is 0 Å². The minimum absolute atomic E-state index is 0.159. The maximum Gasteiger partial charge on any atom is 0.101 e. The van der Waals surface area contributed by atoms with Crippen LogP contribution in [-0.2, 0) is 0 Å². The van der Waals surface area contributed by atoms with Gasteiger partial charge in [-0.15, -0.1) is 0 Å². The van der Waals surface area contributed by atoms with E-state index < -0.39 is 0 Å². The number of rotatable bonds is 2. The summed E-state index contributed by atoms with van der Waals surface area (Å²) in [4.78, 5) is 4.05. The molecule has 0 radical (unpaired) electrons. The first-order chi connectivity index (χ1) is 8.67. The summed E-state index contributed by atoms with van der Waals surface area (Å²) in [5.41, 5.74) is 8.18. The number of hydrogen-bond acceptors (Lipinski definition) is 4. The van der Waals surface area contributed by atoms with E-state index in [-0.39, 0.29) is 6.04 Å². The summed E-state index contributed by atoms with van der Waals surface area (Å²) in [6.07, 6.45) is 3.33. The van der Waals surface area contributed by atoms with Crippen LogP contribution >= 0.6 is 0 Å². The number of imidazole rings is 1. The van der Waals surface area contributed by atoms with Gasteiger partial charge in [0.15, 0.2) is 0 Å². The summed E-state index contributed by atoms with van der Waals surface area (Å²) in [5, 5.41) is 17.9. The Balaban J connectivity index is 2.56. The molecule has 5 nitrogen and oxygen atoms in total. The first kappa shape index (κ1) is 11.8. The Kier molecular flexibility index (Phi) is 3.09. The molecule has 0 aliphatic rings. The van der Waals surface area contributed by atoms with E-state index in [4.69, 9.17) is 16.3 Å². The molecule has 0 spiro atoms. The average molecular weight is 237 g/mol. The molecular formula is C13H11N5. The van der Waals surface area contributed by atoms with E-state index in [1.807, 2.05) is 23.6 Å². The predicted molar refractivity (Wildman–Crippen MR) is 65.6 cm³/mol. The molecule has 0 bridgehead atoms. The molecule has 1 aromatic heterocycles. The van der Waals surface area contributed by atoms with Crippen LogP contribution in [0.15, 0.2) is 30.7 Å². The third-order valence-electron chi connectivity index (χ3n) is 2.66. The van der Waals surface area contributed by atoms with Crippen molar-refractivity contribution in [3.8, 4) is 17.8 Å². The zero-order valence-electron chi connectivity index (χ0n) is 9.83. The van der Waals surface area contributed by atoms with Gasteiger partial charge in [-0.1, -0.05) is 0 Å². The molecule has 0 aliphatic heterocycles. The third kappa shape index (κ3) is 1.95. The number of benzene rings is 1. The Morgan fingerprint density at radius 1 is 1.28 bits per heavy atom. The van der Waals surface area contributed by atoms with Crippen LogP contribution in [0.4, 0.5) is 0 Å². The number of hydrogen-bond donors (Lipinski definition) is 1. The largest absolute Gasteiger partial charge is 0.323 e. The maximum atomic E-state index is 9.00. The lowest BCUT2D eigenvalue weighted by molar-refractivity contribution is 0.752. The SMILES string of the molecule is C[C@@H](N)c1cncn1-c1ccc(C#N)c(C#N)c1. The highest BCUT2D eigenvalue weighted by molar-refractivity contribution is 5.52. The van der Waals surface area contributed by atoms with Gasteiger partial charge >= 0.3 is 0 Å². The van der Waals surface area contributed by atoms with Gasteiger partial charge in [0.05, 0.1) is 29.3 Å². The average Bonchev–Trinajstić information content (AvgIpc) is 2.87. The third-order valence-corrected chi connectivity index (χ3v) is 2.66. The fraction of sp³-hybridized carbons (Fsp3) is 0.154. The van der Waals surface area contributed by atoms with Gasteiger partial charge in [-0.05, 0) is 25.1 Å². The van der Waals surface area contributed by atoms with Crippen molar-refractivity contribution in [2.24, 2.45) is 5.73 Å². The Bertz CT molecular complexity index is 655. The van der Waals surface area contributed by atoms with Crippen LogP contribution in [0.5, 0.6) is 0 Å². The molecule has 0 unspecified atom stereocenters. The highest BCUT2D eigenvalue weighted by atomic mass is 15.1. The summed E-state index contributed by atoms with van der Waals surface area (Å²) in [5.74, 6) is 0. The van der Waals surface area contributed by atoms with Gasteiger partial charge < -0.3 is 10.3 Å². The zero-order chi connectivity index (χ0) is 13.1. The fourth-order valence-corrected chi connectivity index (χ4v) is 1.73.